The largest absolute Gasteiger partial charge is 0.416 e. The number of hydrogen-bond acceptors (Lipinski definition) is 8. The Kier molecular flexibility index (Phi) is 8.96. The molecule has 0 N–H and O–H groups in total. The molecule has 0 spiro atoms. The average molecular weight is 901 g/mol. The number of benzene rings is 9. The van der Waals surface area contributed by atoms with E-state index >= 15 is 0 Å². The maximum absolute atomic E-state index is 6.26. The van der Waals surface area contributed by atoms with Gasteiger partial charge >= 0.3 is 0 Å². The van der Waals surface area contributed by atoms with Crippen molar-refractivity contribution in [3.8, 4) is 79.8 Å². The Labute approximate surface area is 399 Å². The Balaban J connectivity index is 0.931. The molecule has 14 rings (SSSR count). The first-order chi connectivity index (χ1) is 34.7. The molecule has 0 saturated carbocycles. The van der Waals surface area contributed by atoms with Gasteiger partial charge in [-0.05, 0) is 121 Å². The summed E-state index contributed by atoms with van der Waals surface area (Å²) in [5, 5.41) is 22.9. The van der Waals surface area contributed by atoms with Gasteiger partial charge in [0.05, 0.1) is 33.3 Å². The van der Waals surface area contributed by atoms with Crippen molar-refractivity contribution in [2.45, 2.75) is 0 Å². The van der Waals surface area contributed by atoms with E-state index in [1.54, 1.807) is 0 Å². The third-order valence-corrected chi connectivity index (χ3v) is 13.1. The highest BCUT2D eigenvalue weighted by Crippen LogP contribution is 2.41. The topological polar surface area (TPSA) is 113 Å². The van der Waals surface area contributed by atoms with Crippen molar-refractivity contribution >= 4 is 54.5 Å². The number of hydrogen-bond donors (Lipinski definition) is 0. The van der Waals surface area contributed by atoms with Gasteiger partial charge in [0.15, 0.2) is 5.82 Å². The smallest absolute Gasteiger partial charge is 0.248 e. The highest BCUT2D eigenvalue weighted by Gasteiger charge is 2.21. The molecule has 0 fully saturated rings. The predicted molar refractivity (Wildman–Crippen MR) is 277 cm³/mol. The number of nitrogens with zero attached hydrogens (tertiary/aromatic N) is 8. The van der Waals surface area contributed by atoms with Crippen LogP contribution in [0, 0.1) is 0 Å². The molecule has 10 nitrogen and oxygen atoms in total. The van der Waals surface area contributed by atoms with Crippen LogP contribution in [-0.2, 0) is 0 Å². The van der Waals surface area contributed by atoms with E-state index in [1.807, 2.05) is 91.0 Å². The standard InChI is InChI=1S/C60H36N8O2/c1-5-15-37(16-6-1)57-63-65-59(69-57)41-27-31-53-48(35-41)46-33-39(25-29-51(46)67(53)43-19-9-3-10-20-43)55-45-23-13-14-24-50(45)61-56(62-55)40-26-30-52-47(34-40)49-36-42(28-32-54(49)68(52)44-21-11-4-12-22-44)60-66-64-58(70-60)38-17-7-2-8-18-38/h1-36H. The van der Waals surface area contributed by atoms with Crippen molar-refractivity contribution in [3.05, 3.63) is 218 Å². The van der Waals surface area contributed by atoms with Crippen LogP contribution in [0.25, 0.3) is 134 Å². The van der Waals surface area contributed by atoms with Crippen LogP contribution in [0.1, 0.15) is 0 Å². The van der Waals surface area contributed by atoms with Crippen molar-refractivity contribution in [2.75, 3.05) is 0 Å². The minimum Gasteiger partial charge on any atom is -0.416 e. The quantitative estimate of drug-likeness (QED) is 0.148. The molecule has 0 aliphatic carbocycles. The van der Waals surface area contributed by atoms with E-state index in [0.29, 0.717) is 29.4 Å². The van der Waals surface area contributed by atoms with E-state index in [4.69, 9.17) is 18.8 Å². The van der Waals surface area contributed by atoms with Crippen molar-refractivity contribution in [1.82, 2.24) is 39.5 Å². The lowest BCUT2D eigenvalue weighted by Crippen LogP contribution is -1.96. The summed E-state index contributed by atoms with van der Waals surface area (Å²) in [5.74, 6) is 2.48. The zero-order valence-electron chi connectivity index (χ0n) is 37.2. The fourth-order valence-electron chi connectivity index (χ4n) is 9.81. The molecule has 5 heterocycles. The molecular formula is C60H36N8O2. The van der Waals surface area contributed by atoms with Crippen molar-refractivity contribution in [1.29, 1.82) is 0 Å². The minimum atomic E-state index is 0.451. The van der Waals surface area contributed by atoms with Gasteiger partial charge in [0.25, 0.3) is 0 Å². The molecule has 14 aromatic rings. The van der Waals surface area contributed by atoms with Crippen molar-refractivity contribution in [2.24, 2.45) is 0 Å². The van der Waals surface area contributed by atoms with E-state index in [0.717, 1.165) is 105 Å². The Morgan fingerprint density at radius 3 is 1.14 bits per heavy atom. The molecule has 9 aromatic carbocycles. The van der Waals surface area contributed by atoms with Gasteiger partial charge in [0.2, 0.25) is 23.6 Å². The third kappa shape index (κ3) is 6.50. The zero-order valence-corrected chi connectivity index (χ0v) is 37.2. The second-order valence-corrected chi connectivity index (χ2v) is 17.2. The van der Waals surface area contributed by atoms with Gasteiger partial charge in [-0.1, -0.05) is 97.1 Å². The summed E-state index contributed by atoms with van der Waals surface area (Å²) >= 11 is 0. The van der Waals surface area contributed by atoms with Gasteiger partial charge in [-0.3, -0.25) is 0 Å². The average Bonchev–Trinajstić information content (AvgIpc) is 4.26. The molecule has 0 aliphatic heterocycles. The number of aromatic nitrogens is 8. The minimum absolute atomic E-state index is 0.451. The molecule has 0 radical (unpaired) electrons. The van der Waals surface area contributed by atoms with Crippen LogP contribution in [-0.4, -0.2) is 39.5 Å². The molecular weight excluding hydrogens is 865 g/mol. The van der Waals surface area contributed by atoms with Gasteiger partial charge in [-0.25, -0.2) is 9.97 Å². The summed E-state index contributed by atoms with van der Waals surface area (Å²) in [4.78, 5) is 10.7. The Bertz CT molecular complexity index is 4290. The second kappa shape index (κ2) is 15.9. The molecule has 5 aromatic heterocycles. The monoisotopic (exact) mass is 900 g/mol. The van der Waals surface area contributed by atoms with Gasteiger partial charge in [0.1, 0.15) is 0 Å². The Morgan fingerprint density at radius 1 is 0.286 bits per heavy atom. The summed E-state index contributed by atoms with van der Waals surface area (Å²) < 4.78 is 17.1. The molecule has 0 saturated heterocycles. The molecule has 10 heteroatoms. The third-order valence-electron chi connectivity index (χ3n) is 13.1. The summed E-state index contributed by atoms with van der Waals surface area (Å²) in [6, 6.07) is 74.6. The lowest BCUT2D eigenvalue weighted by molar-refractivity contribution is 0.584. The summed E-state index contributed by atoms with van der Waals surface area (Å²) in [5.41, 5.74) is 13.3. The van der Waals surface area contributed by atoms with Crippen LogP contribution in [0.4, 0.5) is 0 Å². The molecule has 0 aliphatic rings. The van der Waals surface area contributed by atoms with E-state index in [2.05, 4.69) is 157 Å². The molecule has 328 valence electrons. The van der Waals surface area contributed by atoms with Crippen molar-refractivity contribution in [3.63, 3.8) is 0 Å². The van der Waals surface area contributed by atoms with Gasteiger partial charge in [-0.2, -0.15) is 0 Å². The van der Waals surface area contributed by atoms with Crippen molar-refractivity contribution < 1.29 is 8.83 Å². The predicted octanol–water partition coefficient (Wildman–Crippen LogP) is 14.6. The maximum Gasteiger partial charge on any atom is 0.248 e. The second-order valence-electron chi connectivity index (χ2n) is 17.2. The van der Waals surface area contributed by atoms with Crippen LogP contribution < -0.4 is 0 Å². The summed E-state index contributed by atoms with van der Waals surface area (Å²) in [7, 11) is 0. The lowest BCUT2D eigenvalue weighted by Gasteiger charge is -2.11. The fraction of sp³-hybridized carbons (Fsp3) is 0. The number of rotatable bonds is 8. The maximum atomic E-state index is 6.26. The van der Waals surface area contributed by atoms with Gasteiger partial charge < -0.3 is 18.0 Å². The highest BCUT2D eigenvalue weighted by molar-refractivity contribution is 6.13. The first-order valence-electron chi connectivity index (χ1n) is 23.0. The van der Waals surface area contributed by atoms with Crippen LogP contribution >= 0.6 is 0 Å². The van der Waals surface area contributed by atoms with Crippen LogP contribution in [0.5, 0.6) is 0 Å². The fourth-order valence-corrected chi connectivity index (χ4v) is 9.81. The molecule has 70 heavy (non-hydrogen) atoms. The first-order valence-corrected chi connectivity index (χ1v) is 23.0. The normalized spacial score (nSPS) is 11.7. The van der Waals surface area contributed by atoms with Crippen LogP contribution in [0.15, 0.2) is 227 Å². The first kappa shape index (κ1) is 39.4. The number of fused-ring (bicyclic) bond motifs is 7. The highest BCUT2D eigenvalue weighted by atomic mass is 16.4. The van der Waals surface area contributed by atoms with Crippen LogP contribution in [0.3, 0.4) is 0 Å². The Morgan fingerprint density at radius 2 is 0.657 bits per heavy atom. The molecule has 0 unspecified atom stereocenters. The molecule has 0 amide bonds. The van der Waals surface area contributed by atoms with E-state index in [1.165, 1.54) is 0 Å². The van der Waals surface area contributed by atoms with Crippen LogP contribution in [0.2, 0.25) is 0 Å². The summed E-state index contributed by atoms with van der Waals surface area (Å²) in [6.07, 6.45) is 0. The van der Waals surface area contributed by atoms with E-state index in [-0.39, 0.29) is 0 Å². The SMILES string of the molecule is c1ccc(-c2nnc(-c3ccc4c(c3)c3cc(-c5nc(-c6ccc7c(c6)c6cc(-c8nnc(-c9ccccc9)o8)ccc6n7-c6ccccc6)c6ccccc6n5)ccc3n4-c3ccccc3)o2)cc1. The van der Waals surface area contributed by atoms with Gasteiger partial charge in [0, 0.05) is 71.7 Å². The summed E-state index contributed by atoms with van der Waals surface area (Å²) in [6.45, 7) is 0. The van der Waals surface area contributed by atoms with E-state index in [9.17, 15) is 0 Å². The molecule has 0 atom stereocenters. The number of para-hydroxylation sites is 3. The lowest BCUT2D eigenvalue weighted by atomic mass is 10.0. The zero-order chi connectivity index (χ0) is 46.1. The Hall–Kier alpha value is -9.80. The molecule has 0 bridgehead atoms. The van der Waals surface area contributed by atoms with Gasteiger partial charge in [-0.15, -0.1) is 20.4 Å². The van der Waals surface area contributed by atoms with E-state index < -0.39 is 0 Å².